The van der Waals surface area contributed by atoms with Crippen LogP contribution in [-0.4, -0.2) is 17.6 Å². The maximum Gasteiger partial charge on any atom is 0.251 e. The van der Waals surface area contributed by atoms with E-state index in [1.165, 1.54) is 32.1 Å². The molecule has 104 valence electrons. The highest BCUT2D eigenvalue weighted by Gasteiger charge is 2.14. The van der Waals surface area contributed by atoms with Crippen LogP contribution in [0.1, 0.15) is 54.4 Å². The Morgan fingerprint density at radius 1 is 1.32 bits per heavy atom. The molecular weight excluding hydrogens is 238 g/mol. The minimum absolute atomic E-state index is 0.0340. The molecule has 1 aliphatic carbocycles. The highest BCUT2D eigenvalue weighted by Crippen LogP contribution is 2.25. The van der Waals surface area contributed by atoms with Crippen molar-refractivity contribution in [2.75, 3.05) is 6.54 Å². The molecule has 0 spiro atoms. The molecular formula is C16H23NO2. The number of carbonyl (C=O) groups is 1. The summed E-state index contributed by atoms with van der Waals surface area (Å²) in [5.41, 5.74) is 1.47. The van der Waals surface area contributed by atoms with E-state index in [0.717, 1.165) is 24.4 Å². The molecule has 0 bridgehead atoms. The maximum absolute atomic E-state index is 12.0. The third-order valence-electron chi connectivity index (χ3n) is 4.02. The Morgan fingerprint density at radius 3 is 2.74 bits per heavy atom. The first-order valence-electron chi connectivity index (χ1n) is 7.24. The Morgan fingerprint density at radius 2 is 2.05 bits per heavy atom. The molecule has 1 aromatic rings. The van der Waals surface area contributed by atoms with E-state index >= 15 is 0 Å². The number of rotatable bonds is 4. The fourth-order valence-corrected chi connectivity index (χ4v) is 2.86. The first-order chi connectivity index (χ1) is 9.16. The summed E-state index contributed by atoms with van der Waals surface area (Å²) in [5, 5.41) is 12.3. The summed E-state index contributed by atoms with van der Waals surface area (Å²) >= 11 is 0. The quantitative estimate of drug-likeness (QED) is 0.872. The van der Waals surface area contributed by atoms with Crippen molar-refractivity contribution in [2.24, 2.45) is 5.92 Å². The van der Waals surface area contributed by atoms with Gasteiger partial charge in [0.1, 0.15) is 5.75 Å². The van der Waals surface area contributed by atoms with Crippen molar-refractivity contribution < 1.29 is 9.90 Å². The number of benzene rings is 1. The van der Waals surface area contributed by atoms with Gasteiger partial charge in [0.05, 0.1) is 0 Å². The van der Waals surface area contributed by atoms with Crippen molar-refractivity contribution in [3.63, 3.8) is 0 Å². The van der Waals surface area contributed by atoms with Crippen LogP contribution in [0, 0.1) is 12.8 Å². The fourth-order valence-electron chi connectivity index (χ4n) is 2.86. The van der Waals surface area contributed by atoms with Crippen molar-refractivity contribution in [1.29, 1.82) is 0 Å². The molecule has 0 atom stereocenters. The van der Waals surface area contributed by atoms with Crippen molar-refractivity contribution in [3.05, 3.63) is 29.3 Å². The lowest BCUT2D eigenvalue weighted by Gasteiger charge is -2.21. The van der Waals surface area contributed by atoms with E-state index in [2.05, 4.69) is 5.32 Å². The summed E-state index contributed by atoms with van der Waals surface area (Å²) in [7, 11) is 0. The SMILES string of the molecule is Cc1cc(O)ccc1C(=O)NCCC1CCCCC1. The molecule has 0 radical (unpaired) electrons. The number of amides is 1. The highest BCUT2D eigenvalue weighted by molar-refractivity contribution is 5.95. The van der Waals surface area contributed by atoms with Crippen LogP contribution in [-0.2, 0) is 0 Å². The summed E-state index contributed by atoms with van der Waals surface area (Å²) in [4.78, 5) is 12.0. The van der Waals surface area contributed by atoms with Crippen LogP contribution in [0.5, 0.6) is 5.75 Å². The van der Waals surface area contributed by atoms with Crippen LogP contribution >= 0.6 is 0 Å². The summed E-state index contributed by atoms with van der Waals surface area (Å²) in [5.74, 6) is 0.958. The van der Waals surface area contributed by atoms with Crippen LogP contribution in [0.2, 0.25) is 0 Å². The van der Waals surface area contributed by atoms with E-state index in [9.17, 15) is 9.90 Å². The van der Waals surface area contributed by atoms with E-state index in [0.29, 0.717) is 5.56 Å². The lowest BCUT2D eigenvalue weighted by Crippen LogP contribution is -2.27. The molecule has 2 rings (SSSR count). The van der Waals surface area contributed by atoms with Crippen molar-refractivity contribution in [1.82, 2.24) is 5.32 Å². The molecule has 1 fully saturated rings. The summed E-state index contributed by atoms with van der Waals surface area (Å²) in [6.07, 6.45) is 7.77. The number of carbonyl (C=O) groups excluding carboxylic acids is 1. The minimum atomic E-state index is -0.0340. The third-order valence-corrected chi connectivity index (χ3v) is 4.02. The molecule has 1 amide bonds. The molecule has 1 aromatic carbocycles. The van der Waals surface area contributed by atoms with Crippen LogP contribution in [0.3, 0.4) is 0 Å². The van der Waals surface area contributed by atoms with E-state index < -0.39 is 0 Å². The number of hydrogen-bond acceptors (Lipinski definition) is 2. The first-order valence-corrected chi connectivity index (χ1v) is 7.24. The zero-order valence-electron chi connectivity index (χ0n) is 11.6. The molecule has 1 saturated carbocycles. The van der Waals surface area contributed by atoms with Gasteiger partial charge in [0.15, 0.2) is 0 Å². The molecule has 3 heteroatoms. The number of phenolic OH excluding ortho intramolecular Hbond substituents is 1. The molecule has 0 heterocycles. The highest BCUT2D eigenvalue weighted by atomic mass is 16.3. The standard InChI is InChI=1S/C16H23NO2/c1-12-11-14(18)7-8-15(12)16(19)17-10-9-13-5-3-2-4-6-13/h7-8,11,13,18H,2-6,9-10H2,1H3,(H,17,19). The Labute approximate surface area is 115 Å². The first kappa shape index (κ1) is 13.9. The van der Waals surface area contributed by atoms with Crippen LogP contribution < -0.4 is 5.32 Å². The van der Waals surface area contributed by atoms with Gasteiger partial charge in [-0.25, -0.2) is 0 Å². The Bertz CT molecular complexity index is 436. The molecule has 2 N–H and O–H groups in total. The largest absolute Gasteiger partial charge is 0.508 e. The Hall–Kier alpha value is -1.51. The maximum atomic E-state index is 12.0. The van der Waals surface area contributed by atoms with Crippen LogP contribution in [0.4, 0.5) is 0 Å². The lowest BCUT2D eigenvalue weighted by molar-refractivity contribution is 0.0949. The van der Waals surface area contributed by atoms with Gasteiger partial charge in [-0.05, 0) is 43.0 Å². The second kappa shape index (κ2) is 6.60. The molecule has 0 aliphatic heterocycles. The van der Waals surface area contributed by atoms with E-state index in [4.69, 9.17) is 0 Å². The van der Waals surface area contributed by atoms with Crippen molar-refractivity contribution in [2.45, 2.75) is 45.4 Å². The number of hydrogen-bond donors (Lipinski definition) is 2. The molecule has 1 aliphatic rings. The fraction of sp³-hybridized carbons (Fsp3) is 0.562. The molecule has 0 unspecified atom stereocenters. The van der Waals surface area contributed by atoms with Crippen LogP contribution in [0.15, 0.2) is 18.2 Å². The lowest BCUT2D eigenvalue weighted by atomic mass is 9.87. The normalized spacial score (nSPS) is 16.3. The van der Waals surface area contributed by atoms with Gasteiger partial charge in [0, 0.05) is 12.1 Å². The number of phenols is 1. The second-order valence-corrected chi connectivity index (χ2v) is 5.55. The topological polar surface area (TPSA) is 49.3 Å². The van der Waals surface area contributed by atoms with Gasteiger partial charge in [0.25, 0.3) is 5.91 Å². The smallest absolute Gasteiger partial charge is 0.251 e. The van der Waals surface area contributed by atoms with Gasteiger partial charge in [-0.3, -0.25) is 4.79 Å². The average molecular weight is 261 g/mol. The number of nitrogens with one attached hydrogen (secondary N) is 1. The molecule has 0 aromatic heterocycles. The van der Waals surface area contributed by atoms with Crippen LogP contribution in [0.25, 0.3) is 0 Å². The summed E-state index contributed by atoms with van der Waals surface area (Å²) in [6.45, 7) is 2.60. The monoisotopic (exact) mass is 261 g/mol. The Balaban J connectivity index is 1.80. The van der Waals surface area contributed by atoms with E-state index in [1.807, 2.05) is 6.92 Å². The number of aromatic hydroxyl groups is 1. The molecule has 3 nitrogen and oxygen atoms in total. The van der Waals surface area contributed by atoms with Gasteiger partial charge in [0.2, 0.25) is 0 Å². The zero-order valence-corrected chi connectivity index (χ0v) is 11.6. The summed E-state index contributed by atoms with van der Waals surface area (Å²) < 4.78 is 0. The number of aryl methyl sites for hydroxylation is 1. The van der Waals surface area contributed by atoms with E-state index in [-0.39, 0.29) is 11.7 Å². The van der Waals surface area contributed by atoms with Gasteiger partial charge < -0.3 is 10.4 Å². The Kier molecular flexibility index (Phi) is 4.83. The van der Waals surface area contributed by atoms with Gasteiger partial charge >= 0.3 is 0 Å². The predicted octanol–water partition coefficient (Wildman–Crippen LogP) is 3.40. The third kappa shape index (κ3) is 3.98. The van der Waals surface area contributed by atoms with Crippen molar-refractivity contribution in [3.8, 4) is 5.75 Å². The predicted molar refractivity (Wildman–Crippen MR) is 76.4 cm³/mol. The summed E-state index contributed by atoms with van der Waals surface area (Å²) in [6, 6.07) is 4.86. The van der Waals surface area contributed by atoms with Gasteiger partial charge in [-0.1, -0.05) is 32.1 Å². The minimum Gasteiger partial charge on any atom is -0.508 e. The average Bonchev–Trinajstić information content (AvgIpc) is 2.39. The molecule has 0 saturated heterocycles. The second-order valence-electron chi connectivity index (χ2n) is 5.55. The van der Waals surface area contributed by atoms with Gasteiger partial charge in [-0.15, -0.1) is 0 Å². The van der Waals surface area contributed by atoms with Gasteiger partial charge in [-0.2, -0.15) is 0 Å². The zero-order chi connectivity index (χ0) is 13.7. The van der Waals surface area contributed by atoms with Crippen molar-refractivity contribution >= 4 is 5.91 Å². The molecule has 19 heavy (non-hydrogen) atoms. The van der Waals surface area contributed by atoms with E-state index in [1.54, 1.807) is 18.2 Å².